The number of carboxylic acids is 1. The van der Waals surface area contributed by atoms with Gasteiger partial charge in [0.15, 0.2) is 5.16 Å². The van der Waals surface area contributed by atoms with E-state index in [0.29, 0.717) is 11.7 Å². The molecule has 1 rings (SSSR count). The molecule has 0 bridgehead atoms. The van der Waals surface area contributed by atoms with Crippen molar-refractivity contribution < 1.29 is 14.7 Å². The number of carbonyl (C=O) groups is 2. The minimum atomic E-state index is -0.901. The van der Waals surface area contributed by atoms with Crippen molar-refractivity contribution >= 4 is 23.6 Å². The minimum absolute atomic E-state index is 0.0132. The van der Waals surface area contributed by atoms with Crippen molar-refractivity contribution in [3.05, 3.63) is 11.9 Å². The number of carbonyl (C=O) groups excluding carboxylic acids is 1. The molecule has 1 N–H and O–H groups in total. The molecule has 0 radical (unpaired) electrons. The molecule has 0 saturated heterocycles. The number of rotatable bonds is 6. The third kappa shape index (κ3) is 3.73. The molecule has 19 heavy (non-hydrogen) atoms. The van der Waals surface area contributed by atoms with Crippen molar-refractivity contribution in [3.8, 4) is 0 Å². The number of hydrogen-bond acceptors (Lipinski definition) is 4. The first kappa shape index (κ1) is 15.6. The Morgan fingerprint density at radius 2 is 2.21 bits per heavy atom. The SMILES string of the molecule is CCN(C)C(=O)C(C)n1c(C)cnc1SCC(=O)O. The van der Waals surface area contributed by atoms with Gasteiger partial charge in [0.2, 0.25) is 5.91 Å². The van der Waals surface area contributed by atoms with Gasteiger partial charge in [-0.05, 0) is 20.8 Å². The van der Waals surface area contributed by atoms with Gasteiger partial charge in [-0.3, -0.25) is 9.59 Å². The van der Waals surface area contributed by atoms with E-state index in [-0.39, 0.29) is 17.7 Å². The lowest BCUT2D eigenvalue weighted by molar-refractivity contribution is -0.134. The second-order valence-corrected chi connectivity index (χ2v) is 5.21. The first-order valence-corrected chi connectivity index (χ1v) is 7.00. The maximum absolute atomic E-state index is 12.2. The Hall–Kier alpha value is -1.50. The molecule has 0 saturated carbocycles. The molecule has 1 unspecified atom stereocenters. The predicted molar refractivity (Wildman–Crippen MR) is 73.3 cm³/mol. The molecular formula is C12H19N3O3S. The Bertz CT molecular complexity index is 473. The monoisotopic (exact) mass is 285 g/mol. The smallest absolute Gasteiger partial charge is 0.313 e. The molecule has 1 amide bonds. The van der Waals surface area contributed by atoms with E-state index in [0.717, 1.165) is 17.5 Å². The van der Waals surface area contributed by atoms with Crippen LogP contribution in [-0.2, 0) is 9.59 Å². The number of aryl methyl sites for hydroxylation is 1. The van der Waals surface area contributed by atoms with Crippen molar-refractivity contribution in [2.75, 3.05) is 19.3 Å². The van der Waals surface area contributed by atoms with Gasteiger partial charge in [0.1, 0.15) is 6.04 Å². The molecule has 0 spiro atoms. The van der Waals surface area contributed by atoms with Gasteiger partial charge in [0.05, 0.1) is 5.75 Å². The van der Waals surface area contributed by atoms with Crippen LogP contribution in [0, 0.1) is 6.92 Å². The Kier molecular flexibility index (Phi) is 5.41. The number of aromatic nitrogens is 2. The lowest BCUT2D eigenvalue weighted by atomic mass is 10.3. The Balaban J connectivity index is 2.95. The molecule has 1 aromatic heterocycles. The minimum Gasteiger partial charge on any atom is -0.481 e. The molecule has 0 fully saturated rings. The average molecular weight is 285 g/mol. The van der Waals surface area contributed by atoms with Crippen molar-refractivity contribution in [1.82, 2.24) is 14.5 Å². The molecule has 0 aromatic carbocycles. The largest absolute Gasteiger partial charge is 0.481 e. The summed E-state index contributed by atoms with van der Waals surface area (Å²) in [7, 11) is 1.75. The normalized spacial score (nSPS) is 12.2. The Morgan fingerprint density at radius 3 is 2.74 bits per heavy atom. The summed E-state index contributed by atoms with van der Waals surface area (Å²) in [6, 6.07) is -0.385. The first-order chi connectivity index (χ1) is 8.88. The van der Waals surface area contributed by atoms with Crippen LogP contribution >= 0.6 is 11.8 Å². The fourth-order valence-corrected chi connectivity index (χ4v) is 2.53. The van der Waals surface area contributed by atoms with Crippen LogP contribution in [0.2, 0.25) is 0 Å². The highest BCUT2D eigenvalue weighted by Crippen LogP contribution is 2.23. The van der Waals surface area contributed by atoms with Gasteiger partial charge >= 0.3 is 5.97 Å². The summed E-state index contributed by atoms with van der Waals surface area (Å²) in [6.07, 6.45) is 1.65. The van der Waals surface area contributed by atoms with Gasteiger partial charge in [0.25, 0.3) is 0 Å². The Labute approximate surface area is 116 Å². The number of aliphatic carboxylic acids is 1. The topological polar surface area (TPSA) is 75.4 Å². The highest BCUT2D eigenvalue weighted by atomic mass is 32.2. The Morgan fingerprint density at radius 1 is 1.58 bits per heavy atom. The second kappa shape index (κ2) is 6.60. The van der Waals surface area contributed by atoms with Gasteiger partial charge in [-0.1, -0.05) is 11.8 Å². The van der Waals surface area contributed by atoms with Crippen molar-refractivity contribution in [1.29, 1.82) is 0 Å². The van der Waals surface area contributed by atoms with Gasteiger partial charge in [0, 0.05) is 25.5 Å². The molecule has 0 aliphatic carbocycles. The first-order valence-electron chi connectivity index (χ1n) is 6.01. The van der Waals surface area contributed by atoms with Crippen molar-refractivity contribution in [2.24, 2.45) is 0 Å². The van der Waals surface area contributed by atoms with Crippen LogP contribution < -0.4 is 0 Å². The number of nitrogens with zero attached hydrogens (tertiary/aromatic N) is 3. The van der Waals surface area contributed by atoms with E-state index >= 15 is 0 Å². The zero-order valence-corrected chi connectivity index (χ0v) is 12.4. The third-order valence-electron chi connectivity index (χ3n) is 2.87. The molecule has 7 heteroatoms. The number of amides is 1. The molecule has 0 aliphatic rings. The van der Waals surface area contributed by atoms with Gasteiger partial charge in [-0.25, -0.2) is 4.98 Å². The number of likely N-dealkylation sites (N-methyl/N-ethyl adjacent to an activating group) is 1. The maximum atomic E-state index is 12.2. The van der Waals surface area contributed by atoms with Crippen LogP contribution in [0.15, 0.2) is 11.4 Å². The van der Waals surface area contributed by atoms with Crippen molar-refractivity contribution in [3.63, 3.8) is 0 Å². The van der Waals surface area contributed by atoms with E-state index in [1.807, 2.05) is 13.8 Å². The zero-order valence-electron chi connectivity index (χ0n) is 11.6. The predicted octanol–water partition coefficient (Wildman–Crippen LogP) is 1.41. The average Bonchev–Trinajstić information content (AvgIpc) is 2.74. The quantitative estimate of drug-likeness (QED) is 0.800. The van der Waals surface area contributed by atoms with Crippen LogP contribution in [0.25, 0.3) is 0 Å². The van der Waals surface area contributed by atoms with Crippen LogP contribution in [0.1, 0.15) is 25.6 Å². The van der Waals surface area contributed by atoms with Gasteiger partial charge < -0.3 is 14.6 Å². The molecular weight excluding hydrogens is 266 g/mol. The fraction of sp³-hybridized carbons (Fsp3) is 0.583. The fourth-order valence-electron chi connectivity index (χ4n) is 1.71. The summed E-state index contributed by atoms with van der Waals surface area (Å²) in [5, 5.41) is 9.27. The van der Waals surface area contributed by atoms with E-state index in [9.17, 15) is 9.59 Å². The standard InChI is InChI=1S/C12H19N3O3S/c1-5-14(4)11(18)9(3)15-8(2)6-13-12(15)19-7-10(16)17/h6,9H,5,7H2,1-4H3,(H,16,17). The number of carboxylic acid groups (broad SMARTS) is 1. The summed E-state index contributed by atoms with van der Waals surface area (Å²) in [5.74, 6) is -0.983. The number of imidazole rings is 1. The van der Waals surface area contributed by atoms with E-state index in [4.69, 9.17) is 5.11 Å². The van der Waals surface area contributed by atoms with E-state index in [1.54, 1.807) is 29.6 Å². The molecule has 106 valence electrons. The molecule has 6 nitrogen and oxygen atoms in total. The van der Waals surface area contributed by atoms with Crippen molar-refractivity contribution in [2.45, 2.75) is 32.0 Å². The molecule has 0 aliphatic heterocycles. The summed E-state index contributed by atoms with van der Waals surface area (Å²) in [6.45, 7) is 6.20. The van der Waals surface area contributed by atoms with Gasteiger partial charge in [-0.2, -0.15) is 0 Å². The summed E-state index contributed by atoms with van der Waals surface area (Å²) in [5.41, 5.74) is 0.846. The highest BCUT2D eigenvalue weighted by Gasteiger charge is 2.22. The van der Waals surface area contributed by atoms with E-state index < -0.39 is 5.97 Å². The second-order valence-electron chi connectivity index (χ2n) is 4.26. The lowest BCUT2D eigenvalue weighted by Gasteiger charge is -2.22. The van der Waals surface area contributed by atoms with Crippen LogP contribution in [0.4, 0.5) is 0 Å². The van der Waals surface area contributed by atoms with Crippen LogP contribution in [0.3, 0.4) is 0 Å². The van der Waals surface area contributed by atoms with Crippen LogP contribution in [0.5, 0.6) is 0 Å². The lowest BCUT2D eigenvalue weighted by Crippen LogP contribution is -2.33. The number of thioether (sulfide) groups is 1. The molecule has 1 heterocycles. The maximum Gasteiger partial charge on any atom is 0.313 e. The van der Waals surface area contributed by atoms with E-state index in [1.165, 1.54) is 0 Å². The van der Waals surface area contributed by atoms with Gasteiger partial charge in [-0.15, -0.1) is 0 Å². The summed E-state index contributed by atoms with van der Waals surface area (Å²) in [4.78, 5) is 28.6. The highest BCUT2D eigenvalue weighted by molar-refractivity contribution is 7.99. The van der Waals surface area contributed by atoms with E-state index in [2.05, 4.69) is 4.98 Å². The third-order valence-corrected chi connectivity index (χ3v) is 3.82. The van der Waals surface area contributed by atoms with Crippen LogP contribution in [-0.4, -0.2) is 50.8 Å². The molecule has 1 atom stereocenters. The zero-order chi connectivity index (χ0) is 14.6. The summed E-state index contributed by atoms with van der Waals surface area (Å²) < 4.78 is 1.78. The number of hydrogen-bond donors (Lipinski definition) is 1. The molecule has 1 aromatic rings. The summed E-state index contributed by atoms with van der Waals surface area (Å²) >= 11 is 1.12.